The Labute approximate surface area is 93.9 Å². The smallest absolute Gasteiger partial charge is 0.321 e. The van der Waals surface area contributed by atoms with Gasteiger partial charge in [-0.3, -0.25) is 4.79 Å². The number of aliphatic carboxylic acids is 1. The zero-order chi connectivity index (χ0) is 11.5. The summed E-state index contributed by atoms with van der Waals surface area (Å²) in [6.07, 6.45) is 1.68. The Kier molecular flexibility index (Phi) is 3.88. The first-order chi connectivity index (χ1) is 6.93. The van der Waals surface area contributed by atoms with Crippen LogP contribution in [-0.4, -0.2) is 17.1 Å². The van der Waals surface area contributed by atoms with Gasteiger partial charge in [0.25, 0.3) is 0 Å². The number of aryl methyl sites for hydroxylation is 1. The summed E-state index contributed by atoms with van der Waals surface area (Å²) in [4.78, 5) is 10.8. The van der Waals surface area contributed by atoms with Crippen molar-refractivity contribution in [2.75, 3.05) is 0 Å². The lowest BCUT2D eigenvalue weighted by atomic mass is 9.80. The predicted octanol–water partition coefficient (Wildman–Crippen LogP) is 2.12. The van der Waals surface area contributed by atoms with E-state index in [1.54, 1.807) is 11.3 Å². The SMILES string of the molecule is CC(C)(CCc1ccsc1)C(N)C(=O)O. The van der Waals surface area contributed by atoms with Gasteiger partial charge in [-0.2, -0.15) is 11.3 Å². The van der Waals surface area contributed by atoms with Gasteiger partial charge in [-0.05, 0) is 40.6 Å². The van der Waals surface area contributed by atoms with Crippen LogP contribution in [0.3, 0.4) is 0 Å². The Bertz CT molecular complexity index is 319. The van der Waals surface area contributed by atoms with Crippen LogP contribution in [0.1, 0.15) is 25.8 Å². The number of rotatable bonds is 5. The second-order valence-corrected chi connectivity index (χ2v) is 5.22. The number of hydrogen-bond donors (Lipinski definition) is 2. The third-order valence-electron chi connectivity index (χ3n) is 2.75. The van der Waals surface area contributed by atoms with Crippen LogP contribution in [0.5, 0.6) is 0 Å². The molecule has 0 aromatic carbocycles. The molecule has 0 aliphatic rings. The van der Waals surface area contributed by atoms with Crippen molar-refractivity contribution in [3.63, 3.8) is 0 Å². The third-order valence-corrected chi connectivity index (χ3v) is 3.48. The summed E-state index contributed by atoms with van der Waals surface area (Å²) in [6, 6.07) is 1.27. The summed E-state index contributed by atoms with van der Waals surface area (Å²) >= 11 is 1.66. The molecule has 0 aliphatic heterocycles. The lowest BCUT2D eigenvalue weighted by Gasteiger charge is -2.28. The van der Waals surface area contributed by atoms with Gasteiger partial charge in [0.05, 0.1) is 0 Å². The van der Waals surface area contributed by atoms with Crippen LogP contribution in [0.25, 0.3) is 0 Å². The van der Waals surface area contributed by atoms with Crippen LogP contribution in [0, 0.1) is 5.41 Å². The van der Waals surface area contributed by atoms with Gasteiger partial charge in [0, 0.05) is 0 Å². The molecule has 0 aliphatic carbocycles. The zero-order valence-corrected chi connectivity index (χ0v) is 9.88. The largest absolute Gasteiger partial charge is 0.480 e. The molecule has 0 spiro atoms. The molecule has 1 aromatic heterocycles. The molecule has 1 aromatic rings. The van der Waals surface area contributed by atoms with Crippen molar-refractivity contribution >= 4 is 17.3 Å². The second-order valence-electron chi connectivity index (χ2n) is 4.44. The normalized spacial score (nSPS) is 13.8. The van der Waals surface area contributed by atoms with E-state index in [4.69, 9.17) is 10.8 Å². The van der Waals surface area contributed by atoms with Crippen LogP contribution < -0.4 is 5.73 Å². The molecule has 15 heavy (non-hydrogen) atoms. The highest BCUT2D eigenvalue weighted by atomic mass is 32.1. The fourth-order valence-electron chi connectivity index (χ4n) is 1.39. The maximum atomic E-state index is 10.8. The molecular weight excluding hydrogens is 210 g/mol. The first-order valence-electron chi connectivity index (χ1n) is 4.93. The van der Waals surface area contributed by atoms with Gasteiger partial charge in [-0.15, -0.1) is 0 Å². The lowest BCUT2D eigenvalue weighted by molar-refractivity contribution is -0.141. The van der Waals surface area contributed by atoms with E-state index in [0.717, 1.165) is 12.8 Å². The summed E-state index contributed by atoms with van der Waals surface area (Å²) in [5.74, 6) is -0.926. The van der Waals surface area contributed by atoms with E-state index in [0.29, 0.717) is 0 Å². The van der Waals surface area contributed by atoms with Gasteiger partial charge in [0.15, 0.2) is 0 Å². The maximum absolute atomic E-state index is 10.8. The molecule has 0 saturated heterocycles. The Hall–Kier alpha value is -0.870. The highest BCUT2D eigenvalue weighted by molar-refractivity contribution is 7.07. The Morgan fingerprint density at radius 2 is 2.33 bits per heavy atom. The predicted molar refractivity (Wildman–Crippen MR) is 62.0 cm³/mol. The number of hydrogen-bond acceptors (Lipinski definition) is 3. The molecule has 0 saturated carbocycles. The fraction of sp³-hybridized carbons (Fsp3) is 0.545. The minimum absolute atomic E-state index is 0.367. The van der Waals surface area contributed by atoms with E-state index in [2.05, 4.69) is 11.4 Å². The first kappa shape index (κ1) is 12.2. The third kappa shape index (κ3) is 3.32. The topological polar surface area (TPSA) is 63.3 Å². The molecule has 1 heterocycles. The Balaban J connectivity index is 2.53. The monoisotopic (exact) mass is 227 g/mol. The van der Waals surface area contributed by atoms with Gasteiger partial charge in [-0.1, -0.05) is 13.8 Å². The second kappa shape index (κ2) is 4.77. The van der Waals surface area contributed by atoms with Crippen molar-refractivity contribution in [2.45, 2.75) is 32.7 Å². The summed E-state index contributed by atoms with van der Waals surface area (Å²) in [5.41, 5.74) is 6.52. The van der Waals surface area contributed by atoms with E-state index in [9.17, 15) is 4.79 Å². The quantitative estimate of drug-likeness (QED) is 0.810. The molecule has 3 N–H and O–H groups in total. The molecule has 1 rings (SSSR count). The minimum atomic E-state index is -0.926. The highest BCUT2D eigenvalue weighted by Gasteiger charge is 2.31. The standard InChI is InChI=1S/C11H17NO2S/c1-11(2,9(12)10(13)14)5-3-8-4-6-15-7-8/h4,6-7,9H,3,5,12H2,1-2H3,(H,13,14). The van der Waals surface area contributed by atoms with Crippen LogP contribution in [0.15, 0.2) is 16.8 Å². The molecule has 1 unspecified atom stereocenters. The highest BCUT2D eigenvalue weighted by Crippen LogP contribution is 2.26. The number of carboxylic acids is 1. The minimum Gasteiger partial charge on any atom is -0.480 e. The van der Waals surface area contributed by atoms with Gasteiger partial charge in [-0.25, -0.2) is 0 Å². The van der Waals surface area contributed by atoms with Crippen molar-refractivity contribution < 1.29 is 9.90 Å². The van der Waals surface area contributed by atoms with Gasteiger partial charge >= 0.3 is 5.97 Å². The van der Waals surface area contributed by atoms with E-state index in [-0.39, 0.29) is 5.41 Å². The molecule has 0 radical (unpaired) electrons. The molecular formula is C11H17NO2S. The molecule has 3 nitrogen and oxygen atoms in total. The number of carboxylic acid groups (broad SMARTS) is 1. The number of thiophene rings is 1. The molecule has 0 bridgehead atoms. The average Bonchev–Trinajstić information content (AvgIpc) is 2.66. The van der Waals surface area contributed by atoms with E-state index in [1.165, 1.54) is 5.56 Å². The average molecular weight is 227 g/mol. The summed E-state index contributed by atoms with van der Waals surface area (Å²) in [7, 11) is 0. The molecule has 0 fully saturated rings. The van der Waals surface area contributed by atoms with E-state index >= 15 is 0 Å². The molecule has 84 valence electrons. The van der Waals surface area contributed by atoms with Crippen molar-refractivity contribution in [1.29, 1.82) is 0 Å². The molecule has 1 atom stereocenters. The summed E-state index contributed by atoms with van der Waals surface area (Å²) in [6.45, 7) is 3.80. The van der Waals surface area contributed by atoms with E-state index < -0.39 is 12.0 Å². The van der Waals surface area contributed by atoms with Crippen molar-refractivity contribution in [3.05, 3.63) is 22.4 Å². The van der Waals surface area contributed by atoms with Crippen LogP contribution >= 0.6 is 11.3 Å². The summed E-state index contributed by atoms with van der Waals surface area (Å²) in [5, 5.41) is 13.0. The molecule has 0 amide bonds. The Morgan fingerprint density at radius 3 is 2.80 bits per heavy atom. The number of carbonyl (C=O) groups is 1. The van der Waals surface area contributed by atoms with E-state index in [1.807, 2.05) is 19.2 Å². The number of nitrogens with two attached hydrogens (primary N) is 1. The lowest BCUT2D eigenvalue weighted by Crippen LogP contribution is -2.44. The van der Waals surface area contributed by atoms with Gasteiger partial charge in [0.2, 0.25) is 0 Å². The van der Waals surface area contributed by atoms with Crippen molar-refractivity contribution in [2.24, 2.45) is 11.1 Å². The maximum Gasteiger partial charge on any atom is 0.321 e. The van der Waals surface area contributed by atoms with Crippen molar-refractivity contribution in [1.82, 2.24) is 0 Å². The van der Waals surface area contributed by atoms with Gasteiger partial charge in [0.1, 0.15) is 6.04 Å². The van der Waals surface area contributed by atoms with Crippen LogP contribution in [0.4, 0.5) is 0 Å². The zero-order valence-electron chi connectivity index (χ0n) is 9.06. The van der Waals surface area contributed by atoms with Crippen LogP contribution in [0.2, 0.25) is 0 Å². The molecule has 4 heteroatoms. The first-order valence-corrected chi connectivity index (χ1v) is 5.87. The van der Waals surface area contributed by atoms with Gasteiger partial charge < -0.3 is 10.8 Å². The van der Waals surface area contributed by atoms with Crippen molar-refractivity contribution in [3.8, 4) is 0 Å². The van der Waals surface area contributed by atoms with Crippen LogP contribution in [-0.2, 0) is 11.2 Å². The Morgan fingerprint density at radius 1 is 1.67 bits per heavy atom. The summed E-state index contributed by atoms with van der Waals surface area (Å²) < 4.78 is 0. The fourth-order valence-corrected chi connectivity index (χ4v) is 2.09.